The minimum absolute atomic E-state index is 0.225. The highest BCUT2D eigenvalue weighted by molar-refractivity contribution is 6.32. The van der Waals surface area contributed by atoms with E-state index in [1.807, 2.05) is 17.0 Å². The molecule has 7 rings (SSSR count). The molecule has 0 aromatic heterocycles. The zero-order chi connectivity index (χ0) is 27.6. The molecule has 0 amide bonds. The molecule has 2 heterocycles. The Balaban J connectivity index is 1.56. The van der Waals surface area contributed by atoms with Gasteiger partial charge in [0, 0.05) is 33.9 Å². The highest BCUT2D eigenvalue weighted by atomic mass is 19.1. The molecular formula is C34H24FNO4. The van der Waals surface area contributed by atoms with Crippen LogP contribution in [0.3, 0.4) is 0 Å². The Morgan fingerprint density at radius 1 is 0.850 bits per heavy atom. The molecule has 1 spiro atoms. The van der Waals surface area contributed by atoms with Gasteiger partial charge in [0.2, 0.25) is 0 Å². The largest absolute Gasteiger partial charge is 0.497 e. The number of methoxy groups -OCH3 is 1. The van der Waals surface area contributed by atoms with E-state index in [-0.39, 0.29) is 17.3 Å². The van der Waals surface area contributed by atoms with Crippen LogP contribution in [0.5, 0.6) is 5.75 Å². The Hall–Kier alpha value is -4.84. The molecule has 5 nitrogen and oxygen atoms in total. The quantitative estimate of drug-likeness (QED) is 0.234. The highest BCUT2D eigenvalue weighted by Gasteiger charge is 2.71. The van der Waals surface area contributed by atoms with Gasteiger partial charge in [-0.05, 0) is 35.9 Å². The molecule has 0 saturated carbocycles. The number of hydrogen-bond donors (Lipinski definition) is 0. The molecule has 4 aromatic carbocycles. The summed E-state index contributed by atoms with van der Waals surface area (Å²) in [4.78, 5) is 45.6. The summed E-state index contributed by atoms with van der Waals surface area (Å²) in [5.41, 5.74) is 1.38. The Morgan fingerprint density at radius 2 is 1.55 bits per heavy atom. The van der Waals surface area contributed by atoms with Crippen molar-refractivity contribution in [3.8, 4) is 5.75 Å². The van der Waals surface area contributed by atoms with Crippen molar-refractivity contribution >= 4 is 29.1 Å². The molecule has 6 heteroatoms. The van der Waals surface area contributed by atoms with Crippen LogP contribution in [0, 0.1) is 11.2 Å². The number of carbonyl (C=O) groups is 3. The normalized spacial score (nSPS) is 21.8. The molecule has 4 aromatic rings. The lowest BCUT2D eigenvalue weighted by atomic mass is 9.64. The molecule has 3 aliphatic rings. The zero-order valence-electron chi connectivity index (χ0n) is 21.6. The predicted molar refractivity (Wildman–Crippen MR) is 150 cm³/mol. The van der Waals surface area contributed by atoms with Gasteiger partial charge in [-0.1, -0.05) is 78.9 Å². The van der Waals surface area contributed by atoms with Gasteiger partial charge in [-0.3, -0.25) is 14.4 Å². The average molecular weight is 530 g/mol. The monoisotopic (exact) mass is 529 g/mol. The predicted octanol–water partition coefficient (Wildman–Crippen LogP) is 6.15. The second-order valence-corrected chi connectivity index (χ2v) is 10.4. The molecule has 0 N–H and O–H groups in total. The number of nitrogens with zero attached hydrogens (tertiary/aromatic N) is 1. The van der Waals surface area contributed by atoms with Crippen LogP contribution >= 0.6 is 0 Å². The van der Waals surface area contributed by atoms with Crippen molar-refractivity contribution in [2.24, 2.45) is 5.41 Å². The molecule has 2 aliphatic heterocycles. The fourth-order valence-electron chi connectivity index (χ4n) is 6.93. The third-order valence-corrected chi connectivity index (χ3v) is 8.55. The summed E-state index contributed by atoms with van der Waals surface area (Å²) in [6.45, 7) is 0. The topological polar surface area (TPSA) is 63.7 Å². The molecule has 196 valence electrons. The summed E-state index contributed by atoms with van der Waals surface area (Å²) in [5.74, 6) is -1.56. The Labute approximate surface area is 230 Å². The lowest BCUT2D eigenvalue weighted by Crippen LogP contribution is -2.48. The second-order valence-electron chi connectivity index (χ2n) is 10.4. The number of Topliss-reactive ketones (excluding diaryl/α,β-unsaturated/α-hetero) is 3. The molecular weight excluding hydrogens is 505 g/mol. The van der Waals surface area contributed by atoms with Gasteiger partial charge in [-0.2, -0.15) is 0 Å². The van der Waals surface area contributed by atoms with E-state index in [4.69, 9.17) is 4.74 Å². The van der Waals surface area contributed by atoms with Crippen molar-refractivity contribution in [2.75, 3.05) is 12.0 Å². The molecule has 40 heavy (non-hydrogen) atoms. The average Bonchev–Trinajstić information content (AvgIpc) is 3.43. The van der Waals surface area contributed by atoms with Gasteiger partial charge in [-0.15, -0.1) is 0 Å². The smallest absolute Gasteiger partial charge is 0.185 e. The maximum Gasteiger partial charge on any atom is 0.185 e. The molecule has 0 radical (unpaired) electrons. The van der Waals surface area contributed by atoms with Gasteiger partial charge in [0.25, 0.3) is 0 Å². The van der Waals surface area contributed by atoms with Gasteiger partial charge in [0.15, 0.2) is 17.3 Å². The van der Waals surface area contributed by atoms with E-state index in [1.165, 1.54) is 12.1 Å². The van der Waals surface area contributed by atoms with E-state index in [0.29, 0.717) is 39.3 Å². The van der Waals surface area contributed by atoms with Crippen LogP contribution in [0.4, 0.5) is 10.1 Å². The summed E-state index contributed by atoms with van der Waals surface area (Å²) < 4.78 is 19.9. The van der Waals surface area contributed by atoms with Gasteiger partial charge in [0.1, 0.15) is 23.0 Å². The van der Waals surface area contributed by atoms with Gasteiger partial charge >= 0.3 is 0 Å². The summed E-state index contributed by atoms with van der Waals surface area (Å²) in [5, 5.41) is 0. The van der Waals surface area contributed by atoms with Crippen molar-refractivity contribution in [3.63, 3.8) is 0 Å². The van der Waals surface area contributed by atoms with Gasteiger partial charge in [0.05, 0.1) is 13.2 Å². The number of anilines is 1. The first kappa shape index (κ1) is 24.2. The number of hydrogen-bond acceptors (Lipinski definition) is 5. The second kappa shape index (κ2) is 8.85. The molecule has 1 fully saturated rings. The summed E-state index contributed by atoms with van der Waals surface area (Å²) in [6, 6.07) is 25.7. The number of rotatable bonds is 4. The van der Waals surface area contributed by atoms with E-state index >= 15 is 0 Å². The standard InChI is InChI=1S/C34H24FNO4/c1-40-24-11-7-10-22(19-24)29-30(31(37)20-8-3-2-4-9-20)36-27-16-15-23(35)18-21(27)14-17-28(36)34(29)32(38)25-12-5-6-13-26(25)33(34)39/h2-19,28-30H,1H3/t28-,29-,30+/m0/s1. The first-order chi connectivity index (χ1) is 19.5. The van der Waals surface area contributed by atoms with Crippen LogP contribution in [0.1, 0.15) is 48.1 Å². The SMILES string of the molecule is COc1cccc([C@H]2[C@H](C(=O)c3ccccc3)N3c4ccc(F)cc4C=C[C@H]3C23C(=O)c2ccccc2C3=O)c1. The maximum absolute atomic E-state index is 14.6. The lowest BCUT2D eigenvalue weighted by Gasteiger charge is -2.37. The third-order valence-electron chi connectivity index (χ3n) is 8.55. The van der Waals surface area contributed by atoms with E-state index < -0.39 is 29.2 Å². The van der Waals surface area contributed by atoms with Crippen LogP contribution < -0.4 is 9.64 Å². The number of carbonyl (C=O) groups excluding carboxylic acids is 3. The summed E-state index contributed by atoms with van der Waals surface area (Å²) >= 11 is 0. The number of benzene rings is 4. The van der Waals surface area contributed by atoms with E-state index in [2.05, 4.69) is 0 Å². The first-order valence-corrected chi connectivity index (χ1v) is 13.1. The van der Waals surface area contributed by atoms with E-state index in [9.17, 15) is 18.8 Å². The van der Waals surface area contributed by atoms with Crippen LogP contribution in [0.2, 0.25) is 0 Å². The fraction of sp³-hybridized carbons (Fsp3) is 0.147. The van der Waals surface area contributed by atoms with Gasteiger partial charge < -0.3 is 9.64 Å². The van der Waals surface area contributed by atoms with E-state index in [0.717, 1.165) is 0 Å². The summed E-state index contributed by atoms with van der Waals surface area (Å²) in [7, 11) is 1.55. The molecule has 1 aliphatic carbocycles. The van der Waals surface area contributed by atoms with Gasteiger partial charge in [-0.25, -0.2) is 4.39 Å². The van der Waals surface area contributed by atoms with Crippen molar-refractivity contribution in [1.82, 2.24) is 0 Å². The number of ketones is 3. The lowest BCUT2D eigenvalue weighted by molar-refractivity contribution is 0.0665. The number of halogens is 1. The van der Waals surface area contributed by atoms with Crippen molar-refractivity contribution < 1.29 is 23.5 Å². The third kappa shape index (κ3) is 3.16. The van der Waals surface area contributed by atoms with Crippen molar-refractivity contribution in [2.45, 2.75) is 18.0 Å². The van der Waals surface area contributed by atoms with E-state index in [1.54, 1.807) is 92.1 Å². The molecule has 1 saturated heterocycles. The Kier molecular flexibility index (Phi) is 5.36. The zero-order valence-corrected chi connectivity index (χ0v) is 21.6. The minimum atomic E-state index is -1.62. The molecule has 0 unspecified atom stereocenters. The van der Waals surface area contributed by atoms with Crippen LogP contribution in [0.15, 0.2) is 103 Å². The van der Waals surface area contributed by atoms with Crippen LogP contribution in [-0.4, -0.2) is 36.5 Å². The first-order valence-electron chi connectivity index (χ1n) is 13.1. The Bertz CT molecular complexity index is 1710. The Morgan fingerprint density at radius 3 is 2.25 bits per heavy atom. The minimum Gasteiger partial charge on any atom is -0.497 e. The van der Waals surface area contributed by atoms with Crippen LogP contribution in [0.25, 0.3) is 6.08 Å². The summed E-state index contributed by atoms with van der Waals surface area (Å²) in [6.07, 6.45) is 3.54. The van der Waals surface area contributed by atoms with Crippen molar-refractivity contribution in [3.05, 3.63) is 137 Å². The number of fused-ring (bicyclic) bond motifs is 5. The highest BCUT2D eigenvalue weighted by Crippen LogP contribution is 2.61. The molecule has 0 bridgehead atoms. The number of ether oxygens (including phenoxy) is 1. The maximum atomic E-state index is 14.6. The molecule has 3 atom stereocenters. The fourth-order valence-corrected chi connectivity index (χ4v) is 6.93. The van der Waals surface area contributed by atoms with Crippen LogP contribution in [-0.2, 0) is 0 Å². The van der Waals surface area contributed by atoms with Crippen molar-refractivity contribution in [1.29, 1.82) is 0 Å².